The minimum atomic E-state index is -0.152. The molecule has 0 unspecified atom stereocenters. The molecule has 112 valence electrons. The van der Waals surface area contributed by atoms with Crippen molar-refractivity contribution in [2.24, 2.45) is 21.3 Å². The van der Waals surface area contributed by atoms with E-state index >= 15 is 0 Å². The lowest BCUT2D eigenvalue weighted by atomic mass is 10.2. The second kappa shape index (κ2) is 5.85. The van der Waals surface area contributed by atoms with Gasteiger partial charge in [0, 0.05) is 21.9 Å². The number of nitrogens with two attached hydrogens (primary N) is 1. The van der Waals surface area contributed by atoms with Gasteiger partial charge in [0.2, 0.25) is 0 Å². The van der Waals surface area contributed by atoms with E-state index in [1.807, 2.05) is 12.1 Å². The normalized spacial score (nSPS) is 20.2. The first kappa shape index (κ1) is 15.2. The first-order chi connectivity index (χ1) is 10.5. The van der Waals surface area contributed by atoms with Crippen LogP contribution < -0.4 is 10.3 Å². The van der Waals surface area contributed by atoms with Gasteiger partial charge in [-0.2, -0.15) is 0 Å². The third kappa shape index (κ3) is 2.57. The number of halogens is 3. The van der Waals surface area contributed by atoms with E-state index in [4.69, 9.17) is 40.5 Å². The highest BCUT2D eigenvalue weighted by Crippen LogP contribution is 2.39. The van der Waals surface area contributed by atoms with Crippen LogP contribution in [0.1, 0.15) is 5.56 Å². The molecule has 3 rings (SSSR count). The fourth-order valence-electron chi connectivity index (χ4n) is 2.26. The molecule has 8 heteroatoms. The second-order valence-electron chi connectivity index (χ2n) is 4.76. The summed E-state index contributed by atoms with van der Waals surface area (Å²) in [6, 6.07) is 12.7. The summed E-state index contributed by atoms with van der Waals surface area (Å²) in [5.74, 6) is 0.221. The maximum absolute atomic E-state index is 6.34. The Morgan fingerprint density at radius 2 is 1.73 bits per heavy atom. The molecule has 2 aromatic carbocycles. The summed E-state index contributed by atoms with van der Waals surface area (Å²) < 4.78 is -0.152. The van der Waals surface area contributed by atoms with Crippen molar-refractivity contribution in [3.63, 3.8) is 0 Å². The molecule has 5 nitrogen and oxygen atoms in total. The molecule has 0 radical (unpaired) electrons. The number of nitrogens with zero attached hydrogens (tertiary/aromatic N) is 4. The lowest BCUT2D eigenvalue weighted by Crippen LogP contribution is -2.51. The summed E-state index contributed by atoms with van der Waals surface area (Å²) >= 11 is 18.4. The van der Waals surface area contributed by atoms with E-state index in [0.717, 1.165) is 5.56 Å². The molecular weight excluding hydrogens is 345 g/mol. The van der Waals surface area contributed by atoms with E-state index in [-0.39, 0.29) is 10.6 Å². The standard InChI is InChI=1S/C14H11Cl3N5/c15-10-6-4-9(5-7-10)8-22(14(18)19-20-21-22)12-3-1-2-11(16)13(12)17/h1-7H,8H2,(H2,18,19,21)/q+1/t22-/m1/s1. The fraction of sp³-hybridized carbons (Fsp3) is 0.0714. The lowest BCUT2D eigenvalue weighted by Gasteiger charge is -2.25. The number of guanidine groups is 1. The number of hydrogen-bond acceptors (Lipinski definition) is 4. The first-order valence-corrected chi connectivity index (χ1v) is 7.50. The summed E-state index contributed by atoms with van der Waals surface area (Å²) in [4.78, 5) is 0. The van der Waals surface area contributed by atoms with Gasteiger partial charge in [0.05, 0.1) is 10.2 Å². The van der Waals surface area contributed by atoms with Crippen molar-refractivity contribution in [1.82, 2.24) is 4.59 Å². The fourth-order valence-corrected chi connectivity index (χ4v) is 2.82. The van der Waals surface area contributed by atoms with Gasteiger partial charge in [0.25, 0.3) is 0 Å². The molecule has 0 bridgehead atoms. The minimum Gasteiger partial charge on any atom is -0.334 e. The Morgan fingerprint density at radius 1 is 1.00 bits per heavy atom. The zero-order chi connectivity index (χ0) is 15.7. The molecule has 1 aliphatic heterocycles. The Hall–Kier alpha value is -1.66. The summed E-state index contributed by atoms with van der Waals surface area (Å²) in [5.41, 5.74) is 7.62. The average molecular weight is 356 g/mol. The molecule has 1 aliphatic rings. The van der Waals surface area contributed by atoms with Crippen molar-refractivity contribution >= 4 is 46.4 Å². The van der Waals surface area contributed by atoms with Crippen LogP contribution in [0.5, 0.6) is 0 Å². The predicted octanol–water partition coefficient (Wildman–Crippen LogP) is 4.76. The monoisotopic (exact) mass is 354 g/mol. The van der Waals surface area contributed by atoms with E-state index in [0.29, 0.717) is 27.3 Å². The van der Waals surface area contributed by atoms with Crippen LogP contribution in [0.4, 0.5) is 5.69 Å². The van der Waals surface area contributed by atoms with Crippen molar-refractivity contribution in [3.8, 4) is 0 Å². The van der Waals surface area contributed by atoms with Crippen molar-refractivity contribution in [1.29, 1.82) is 0 Å². The molecule has 0 aromatic heterocycles. The lowest BCUT2D eigenvalue weighted by molar-refractivity contribution is 0.414. The first-order valence-electron chi connectivity index (χ1n) is 6.36. The van der Waals surface area contributed by atoms with Gasteiger partial charge in [-0.1, -0.05) is 57.6 Å². The molecule has 22 heavy (non-hydrogen) atoms. The van der Waals surface area contributed by atoms with Crippen LogP contribution in [-0.2, 0) is 6.54 Å². The number of rotatable bonds is 3. The van der Waals surface area contributed by atoms with Gasteiger partial charge < -0.3 is 5.73 Å². The summed E-state index contributed by atoms with van der Waals surface area (Å²) in [6.07, 6.45) is 0. The summed E-state index contributed by atoms with van der Waals surface area (Å²) in [5, 5.41) is 13.2. The zero-order valence-electron chi connectivity index (χ0n) is 11.2. The predicted molar refractivity (Wildman–Crippen MR) is 89.9 cm³/mol. The van der Waals surface area contributed by atoms with Gasteiger partial charge in [-0.3, -0.25) is 0 Å². The zero-order valence-corrected chi connectivity index (χ0v) is 13.5. The van der Waals surface area contributed by atoms with Gasteiger partial charge in [-0.05, 0) is 23.3 Å². The Balaban J connectivity index is 2.10. The van der Waals surface area contributed by atoms with Crippen LogP contribution in [0.25, 0.3) is 0 Å². The average Bonchev–Trinajstić information content (AvgIpc) is 2.86. The van der Waals surface area contributed by atoms with Crippen molar-refractivity contribution in [2.75, 3.05) is 0 Å². The van der Waals surface area contributed by atoms with E-state index in [1.165, 1.54) is 0 Å². The smallest absolute Gasteiger partial charge is 0.334 e. The van der Waals surface area contributed by atoms with Crippen LogP contribution >= 0.6 is 34.8 Å². The van der Waals surface area contributed by atoms with Crippen LogP contribution in [0.15, 0.2) is 58.0 Å². The van der Waals surface area contributed by atoms with Crippen LogP contribution in [0.3, 0.4) is 0 Å². The van der Waals surface area contributed by atoms with Crippen molar-refractivity contribution < 1.29 is 0 Å². The molecule has 0 saturated heterocycles. The molecule has 2 aromatic rings. The molecule has 0 amide bonds. The van der Waals surface area contributed by atoms with Crippen molar-refractivity contribution in [2.45, 2.75) is 6.54 Å². The quantitative estimate of drug-likeness (QED) is 0.792. The minimum absolute atomic E-state index is 0.152. The number of hydrogen-bond donors (Lipinski definition) is 1. The third-order valence-electron chi connectivity index (χ3n) is 3.37. The van der Waals surface area contributed by atoms with Gasteiger partial charge >= 0.3 is 5.96 Å². The molecule has 0 aliphatic carbocycles. The highest BCUT2D eigenvalue weighted by molar-refractivity contribution is 6.43. The van der Waals surface area contributed by atoms with E-state index in [1.54, 1.807) is 30.3 Å². The van der Waals surface area contributed by atoms with E-state index in [2.05, 4.69) is 15.5 Å². The molecule has 1 atom stereocenters. The Labute approximate surface area is 142 Å². The van der Waals surface area contributed by atoms with Gasteiger partial charge in [-0.15, -0.1) is 0 Å². The SMILES string of the molecule is NC1=NN=N[N@+]1(Cc1ccc(Cl)cc1)c1cccc(Cl)c1Cl. The maximum atomic E-state index is 6.34. The maximum Gasteiger partial charge on any atom is 0.354 e. The van der Waals surface area contributed by atoms with Crippen LogP contribution in [-0.4, -0.2) is 5.96 Å². The van der Waals surface area contributed by atoms with Crippen LogP contribution in [0.2, 0.25) is 15.1 Å². The van der Waals surface area contributed by atoms with E-state index < -0.39 is 0 Å². The summed E-state index contributed by atoms with van der Waals surface area (Å²) in [7, 11) is 0. The Kier molecular flexibility index (Phi) is 4.06. The molecule has 2 N–H and O–H groups in total. The number of quaternary nitrogens is 1. The molecular formula is C14H11Cl3N5+. The molecule has 0 spiro atoms. The second-order valence-corrected chi connectivity index (χ2v) is 5.99. The Bertz CT molecular complexity index is 773. The molecule has 0 fully saturated rings. The molecule has 1 heterocycles. The highest BCUT2D eigenvalue weighted by atomic mass is 35.5. The van der Waals surface area contributed by atoms with Gasteiger partial charge in [0.15, 0.2) is 5.69 Å². The number of benzene rings is 2. The Morgan fingerprint density at radius 3 is 2.36 bits per heavy atom. The largest absolute Gasteiger partial charge is 0.354 e. The van der Waals surface area contributed by atoms with Gasteiger partial charge in [0.1, 0.15) is 11.6 Å². The highest BCUT2D eigenvalue weighted by Gasteiger charge is 2.43. The molecule has 0 saturated carbocycles. The van der Waals surface area contributed by atoms with Crippen LogP contribution in [0, 0.1) is 0 Å². The van der Waals surface area contributed by atoms with E-state index in [9.17, 15) is 0 Å². The topological polar surface area (TPSA) is 63.1 Å². The van der Waals surface area contributed by atoms with Gasteiger partial charge in [-0.25, -0.2) is 0 Å². The third-order valence-corrected chi connectivity index (χ3v) is 4.43. The van der Waals surface area contributed by atoms with Crippen molar-refractivity contribution in [3.05, 3.63) is 63.1 Å². The summed E-state index contributed by atoms with van der Waals surface area (Å²) in [6.45, 7) is 0.399.